The van der Waals surface area contributed by atoms with Gasteiger partial charge in [-0.25, -0.2) is 0 Å². The summed E-state index contributed by atoms with van der Waals surface area (Å²) in [4.78, 5) is 2.60. The van der Waals surface area contributed by atoms with Crippen molar-refractivity contribution in [2.24, 2.45) is 11.8 Å². The highest BCUT2D eigenvalue weighted by Gasteiger charge is 2.19. The minimum absolute atomic E-state index is 0.862. The molecule has 0 aromatic heterocycles. The number of rotatable bonds is 4. The van der Waals surface area contributed by atoms with Crippen molar-refractivity contribution < 1.29 is 0 Å². The van der Waals surface area contributed by atoms with Crippen LogP contribution < -0.4 is 0 Å². The first-order valence-electron chi connectivity index (χ1n) is 7.00. The molecule has 1 aliphatic heterocycles. The minimum atomic E-state index is 0.862. The lowest BCUT2D eigenvalue weighted by Gasteiger charge is -2.32. The number of nitrogens with zero attached hydrogens (tertiary/aromatic N) is 1. The van der Waals surface area contributed by atoms with Gasteiger partial charge in [0.1, 0.15) is 0 Å². The van der Waals surface area contributed by atoms with Crippen LogP contribution in [0.3, 0.4) is 0 Å². The standard InChI is InChI=1S/C16H25N/c1-14(2)12-15-8-10-17(11-9-15)13-16-6-4-3-5-7-16/h3-7,14-15H,8-13H2,1-2H3. The van der Waals surface area contributed by atoms with Crippen LogP contribution in [0.15, 0.2) is 30.3 Å². The third kappa shape index (κ3) is 4.16. The number of hydrogen-bond donors (Lipinski definition) is 0. The Balaban J connectivity index is 1.76. The third-order valence-electron chi connectivity index (χ3n) is 3.76. The van der Waals surface area contributed by atoms with Crippen LogP contribution in [0.4, 0.5) is 0 Å². The van der Waals surface area contributed by atoms with E-state index in [1.165, 1.54) is 37.9 Å². The Kier molecular flexibility index (Phi) is 4.61. The van der Waals surface area contributed by atoms with Gasteiger partial charge in [0, 0.05) is 6.54 Å². The van der Waals surface area contributed by atoms with Gasteiger partial charge in [0.25, 0.3) is 0 Å². The fourth-order valence-electron chi connectivity index (χ4n) is 2.89. The zero-order valence-electron chi connectivity index (χ0n) is 11.2. The average Bonchev–Trinajstić information content (AvgIpc) is 2.32. The molecule has 2 rings (SSSR count). The molecule has 0 bridgehead atoms. The molecule has 1 saturated heterocycles. The Labute approximate surface area is 106 Å². The maximum atomic E-state index is 2.60. The van der Waals surface area contributed by atoms with Crippen molar-refractivity contribution in [3.05, 3.63) is 35.9 Å². The van der Waals surface area contributed by atoms with Crippen molar-refractivity contribution in [3.63, 3.8) is 0 Å². The van der Waals surface area contributed by atoms with E-state index in [1.54, 1.807) is 0 Å². The predicted octanol–water partition coefficient (Wildman–Crippen LogP) is 3.94. The summed E-state index contributed by atoms with van der Waals surface area (Å²) in [5.41, 5.74) is 1.45. The summed E-state index contributed by atoms with van der Waals surface area (Å²) < 4.78 is 0. The van der Waals surface area contributed by atoms with E-state index in [1.807, 2.05) is 0 Å². The van der Waals surface area contributed by atoms with Crippen LogP contribution in [0.1, 0.15) is 38.7 Å². The van der Waals surface area contributed by atoms with Crippen molar-refractivity contribution in [1.29, 1.82) is 0 Å². The van der Waals surface area contributed by atoms with Crippen molar-refractivity contribution >= 4 is 0 Å². The highest BCUT2D eigenvalue weighted by atomic mass is 15.1. The maximum Gasteiger partial charge on any atom is 0.0233 e. The minimum Gasteiger partial charge on any atom is -0.299 e. The molecule has 0 atom stereocenters. The molecule has 0 N–H and O–H groups in total. The van der Waals surface area contributed by atoms with Gasteiger partial charge in [0.15, 0.2) is 0 Å². The Morgan fingerprint density at radius 3 is 2.35 bits per heavy atom. The van der Waals surface area contributed by atoms with Gasteiger partial charge in [-0.3, -0.25) is 4.90 Å². The van der Waals surface area contributed by atoms with E-state index in [0.29, 0.717) is 0 Å². The van der Waals surface area contributed by atoms with Crippen LogP contribution in [0.5, 0.6) is 0 Å². The van der Waals surface area contributed by atoms with E-state index in [-0.39, 0.29) is 0 Å². The lowest BCUT2D eigenvalue weighted by molar-refractivity contribution is 0.164. The molecule has 94 valence electrons. The second kappa shape index (κ2) is 6.20. The van der Waals surface area contributed by atoms with Gasteiger partial charge < -0.3 is 0 Å². The first-order valence-corrected chi connectivity index (χ1v) is 7.00. The van der Waals surface area contributed by atoms with E-state index in [0.717, 1.165) is 18.4 Å². The van der Waals surface area contributed by atoms with Crippen molar-refractivity contribution in [2.75, 3.05) is 13.1 Å². The Morgan fingerprint density at radius 2 is 1.76 bits per heavy atom. The molecule has 1 fully saturated rings. The molecular weight excluding hydrogens is 206 g/mol. The van der Waals surface area contributed by atoms with Crippen LogP contribution in [-0.4, -0.2) is 18.0 Å². The van der Waals surface area contributed by atoms with Crippen LogP contribution in [0.2, 0.25) is 0 Å². The molecule has 0 unspecified atom stereocenters. The summed E-state index contributed by atoms with van der Waals surface area (Å²) in [5, 5.41) is 0. The molecule has 0 radical (unpaired) electrons. The Bertz CT molecular complexity index is 310. The van der Waals surface area contributed by atoms with E-state index >= 15 is 0 Å². The van der Waals surface area contributed by atoms with Crippen molar-refractivity contribution in [3.8, 4) is 0 Å². The summed E-state index contributed by atoms with van der Waals surface area (Å²) in [5.74, 6) is 1.84. The average molecular weight is 231 g/mol. The van der Waals surface area contributed by atoms with Crippen LogP contribution in [-0.2, 0) is 6.54 Å². The molecule has 0 spiro atoms. The Morgan fingerprint density at radius 1 is 1.12 bits per heavy atom. The van der Waals surface area contributed by atoms with Gasteiger partial charge in [-0.2, -0.15) is 0 Å². The van der Waals surface area contributed by atoms with Crippen molar-refractivity contribution in [1.82, 2.24) is 4.90 Å². The summed E-state index contributed by atoms with van der Waals surface area (Å²) >= 11 is 0. The molecule has 1 aliphatic rings. The summed E-state index contributed by atoms with van der Waals surface area (Å²) in [6.45, 7) is 8.39. The van der Waals surface area contributed by atoms with E-state index < -0.39 is 0 Å². The largest absolute Gasteiger partial charge is 0.299 e. The smallest absolute Gasteiger partial charge is 0.0233 e. The zero-order chi connectivity index (χ0) is 12.1. The molecule has 1 aromatic carbocycles. The molecule has 1 heteroatoms. The first-order chi connectivity index (χ1) is 8.24. The molecule has 0 aliphatic carbocycles. The molecule has 1 aromatic rings. The quantitative estimate of drug-likeness (QED) is 0.758. The fraction of sp³-hybridized carbons (Fsp3) is 0.625. The zero-order valence-corrected chi connectivity index (χ0v) is 11.2. The third-order valence-corrected chi connectivity index (χ3v) is 3.76. The van der Waals surface area contributed by atoms with Gasteiger partial charge >= 0.3 is 0 Å². The second-order valence-corrected chi connectivity index (χ2v) is 5.83. The van der Waals surface area contributed by atoms with Gasteiger partial charge in [0.05, 0.1) is 0 Å². The molecule has 1 nitrogen and oxygen atoms in total. The van der Waals surface area contributed by atoms with E-state index in [9.17, 15) is 0 Å². The van der Waals surface area contributed by atoms with Gasteiger partial charge in [0.2, 0.25) is 0 Å². The summed E-state index contributed by atoms with van der Waals surface area (Å²) in [7, 11) is 0. The van der Waals surface area contributed by atoms with Crippen LogP contribution >= 0.6 is 0 Å². The predicted molar refractivity (Wildman–Crippen MR) is 73.9 cm³/mol. The summed E-state index contributed by atoms with van der Waals surface area (Å²) in [6, 6.07) is 10.8. The monoisotopic (exact) mass is 231 g/mol. The molecule has 0 saturated carbocycles. The molecule has 0 amide bonds. The SMILES string of the molecule is CC(C)CC1CCN(Cc2ccccc2)CC1. The van der Waals surface area contributed by atoms with Gasteiger partial charge in [-0.05, 0) is 49.8 Å². The topological polar surface area (TPSA) is 3.24 Å². The lowest BCUT2D eigenvalue weighted by atomic mass is 9.88. The first kappa shape index (κ1) is 12.6. The number of likely N-dealkylation sites (tertiary alicyclic amines) is 1. The molecular formula is C16H25N. The second-order valence-electron chi connectivity index (χ2n) is 5.83. The van der Waals surface area contributed by atoms with Crippen LogP contribution in [0, 0.1) is 11.8 Å². The number of benzene rings is 1. The van der Waals surface area contributed by atoms with Crippen molar-refractivity contribution in [2.45, 2.75) is 39.7 Å². The van der Waals surface area contributed by atoms with E-state index in [2.05, 4.69) is 49.1 Å². The highest BCUT2D eigenvalue weighted by molar-refractivity contribution is 5.14. The van der Waals surface area contributed by atoms with Gasteiger partial charge in [-0.1, -0.05) is 44.2 Å². The Hall–Kier alpha value is -0.820. The normalized spacial score (nSPS) is 18.8. The number of hydrogen-bond acceptors (Lipinski definition) is 1. The fourth-order valence-corrected chi connectivity index (χ4v) is 2.89. The summed E-state index contributed by atoms with van der Waals surface area (Å²) in [6.07, 6.45) is 4.20. The molecule has 17 heavy (non-hydrogen) atoms. The maximum absolute atomic E-state index is 2.60. The molecule has 1 heterocycles. The lowest BCUT2D eigenvalue weighted by Crippen LogP contribution is -2.33. The van der Waals surface area contributed by atoms with Crippen LogP contribution in [0.25, 0.3) is 0 Å². The van der Waals surface area contributed by atoms with Gasteiger partial charge in [-0.15, -0.1) is 0 Å². The highest BCUT2D eigenvalue weighted by Crippen LogP contribution is 2.24. The van der Waals surface area contributed by atoms with E-state index in [4.69, 9.17) is 0 Å². The number of piperidine rings is 1.